The van der Waals surface area contributed by atoms with Crippen LogP contribution >= 0.6 is 0 Å². The molecular weight excluding hydrogens is 178 g/mol. The van der Waals surface area contributed by atoms with Crippen LogP contribution in [-0.4, -0.2) is 38.3 Å². The number of anilines is 2. The number of hydrogen-bond donors (Lipinski definition) is 1. The zero-order valence-corrected chi connectivity index (χ0v) is 8.36. The van der Waals surface area contributed by atoms with Crippen molar-refractivity contribution < 1.29 is 4.74 Å². The van der Waals surface area contributed by atoms with Gasteiger partial charge >= 0.3 is 0 Å². The van der Waals surface area contributed by atoms with Crippen LogP contribution in [0.25, 0.3) is 0 Å². The van der Waals surface area contributed by atoms with Gasteiger partial charge in [-0.25, -0.2) is 4.98 Å². The van der Waals surface area contributed by atoms with E-state index < -0.39 is 0 Å². The zero-order valence-electron chi connectivity index (χ0n) is 8.36. The second-order valence-corrected chi connectivity index (χ2v) is 3.25. The highest BCUT2D eigenvalue weighted by Gasteiger charge is 2.10. The fourth-order valence-corrected chi connectivity index (χ4v) is 1.54. The number of aromatic nitrogens is 1. The Bertz CT molecular complexity index is 280. The first kappa shape index (κ1) is 9.27. The van der Waals surface area contributed by atoms with Crippen molar-refractivity contribution in [2.24, 2.45) is 0 Å². The van der Waals surface area contributed by atoms with Crippen LogP contribution < -0.4 is 10.2 Å². The van der Waals surface area contributed by atoms with Crippen molar-refractivity contribution in [1.29, 1.82) is 0 Å². The third kappa shape index (κ3) is 1.96. The number of pyridine rings is 1. The Morgan fingerprint density at radius 1 is 1.36 bits per heavy atom. The summed E-state index contributed by atoms with van der Waals surface area (Å²) in [4.78, 5) is 6.57. The fourth-order valence-electron chi connectivity index (χ4n) is 1.54. The van der Waals surface area contributed by atoms with E-state index >= 15 is 0 Å². The van der Waals surface area contributed by atoms with Crippen LogP contribution in [-0.2, 0) is 4.74 Å². The molecule has 1 saturated heterocycles. The minimum atomic E-state index is 0.813. The third-order valence-corrected chi connectivity index (χ3v) is 2.38. The molecule has 1 fully saturated rings. The van der Waals surface area contributed by atoms with Gasteiger partial charge in [0.25, 0.3) is 0 Å². The van der Waals surface area contributed by atoms with E-state index in [0.29, 0.717) is 0 Å². The van der Waals surface area contributed by atoms with Crippen molar-refractivity contribution in [3.63, 3.8) is 0 Å². The summed E-state index contributed by atoms with van der Waals surface area (Å²) in [5.74, 6) is 0.905. The van der Waals surface area contributed by atoms with Crippen molar-refractivity contribution in [3.05, 3.63) is 18.3 Å². The fraction of sp³-hybridized carbons (Fsp3) is 0.500. The molecule has 0 atom stereocenters. The third-order valence-electron chi connectivity index (χ3n) is 2.38. The SMILES string of the molecule is CNc1ccc(N2CCOCC2)cn1. The van der Waals surface area contributed by atoms with Crippen LogP contribution in [0, 0.1) is 0 Å². The van der Waals surface area contributed by atoms with Gasteiger partial charge in [0.1, 0.15) is 5.82 Å². The largest absolute Gasteiger partial charge is 0.378 e. The van der Waals surface area contributed by atoms with Crippen molar-refractivity contribution in [3.8, 4) is 0 Å². The van der Waals surface area contributed by atoms with E-state index in [0.717, 1.165) is 32.1 Å². The molecule has 14 heavy (non-hydrogen) atoms. The van der Waals surface area contributed by atoms with Crippen molar-refractivity contribution >= 4 is 11.5 Å². The molecule has 4 nitrogen and oxygen atoms in total. The molecule has 1 N–H and O–H groups in total. The number of nitrogens with zero attached hydrogens (tertiary/aromatic N) is 2. The van der Waals surface area contributed by atoms with Gasteiger partial charge in [0.15, 0.2) is 0 Å². The van der Waals surface area contributed by atoms with Crippen LogP contribution in [0.2, 0.25) is 0 Å². The van der Waals surface area contributed by atoms with Crippen LogP contribution in [0.4, 0.5) is 11.5 Å². The van der Waals surface area contributed by atoms with Gasteiger partial charge in [0.2, 0.25) is 0 Å². The first-order chi connectivity index (χ1) is 6.90. The molecule has 0 bridgehead atoms. The van der Waals surface area contributed by atoms with Crippen LogP contribution in [0.15, 0.2) is 18.3 Å². The first-order valence-corrected chi connectivity index (χ1v) is 4.86. The molecule has 1 aromatic rings. The maximum atomic E-state index is 5.29. The van der Waals surface area contributed by atoms with Gasteiger partial charge in [-0.3, -0.25) is 0 Å². The van der Waals surface area contributed by atoms with E-state index in [-0.39, 0.29) is 0 Å². The second kappa shape index (κ2) is 4.28. The maximum Gasteiger partial charge on any atom is 0.125 e. The molecule has 1 aliphatic rings. The van der Waals surface area contributed by atoms with Gasteiger partial charge in [-0.05, 0) is 12.1 Å². The van der Waals surface area contributed by atoms with Crippen molar-refractivity contribution in [1.82, 2.24) is 4.98 Å². The Morgan fingerprint density at radius 3 is 2.71 bits per heavy atom. The molecular formula is C10H15N3O. The van der Waals surface area contributed by atoms with Crippen molar-refractivity contribution in [2.75, 3.05) is 43.6 Å². The molecule has 4 heteroatoms. The average Bonchev–Trinajstić information content (AvgIpc) is 2.30. The van der Waals surface area contributed by atoms with Crippen LogP contribution in [0.1, 0.15) is 0 Å². The molecule has 0 radical (unpaired) electrons. The summed E-state index contributed by atoms with van der Waals surface area (Å²) in [5, 5.41) is 3.00. The highest BCUT2D eigenvalue weighted by molar-refractivity contribution is 5.49. The molecule has 0 saturated carbocycles. The Hall–Kier alpha value is -1.29. The minimum Gasteiger partial charge on any atom is -0.378 e. The average molecular weight is 193 g/mol. The number of ether oxygens (including phenoxy) is 1. The molecule has 2 rings (SSSR count). The lowest BCUT2D eigenvalue weighted by atomic mass is 10.3. The van der Waals surface area contributed by atoms with Crippen molar-refractivity contribution in [2.45, 2.75) is 0 Å². The molecule has 1 aliphatic heterocycles. The summed E-state index contributed by atoms with van der Waals surface area (Å²) in [6.45, 7) is 3.54. The van der Waals surface area contributed by atoms with E-state index in [4.69, 9.17) is 4.74 Å². The van der Waals surface area contributed by atoms with Gasteiger partial charge in [0, 0.05) is 20.1 Å². The lowest BCUT2D eigenvalue weighted by Gasteiger charge is -2.28. The van der Waals surface area contributed by atoms with Crippen LogP contribution in [0.3, 0.4) is 0 Å². The molecule has 0 spiro atoms. The smallest absolute Gasteiger partial charge is 0.125 e. The molecule has 76 valence electrons. The number of hydrogen-bond acceptors (Lipinski definition) is 4. The Kier molecular flexibility index (Phi) is 2.84. The van der Waals surface area contributed by atoms with Gasteiger partial charge < -0.3 is 15.0 Å². The summed E-state index contributed by atoms with van der Waals surface area (Å²) < 4.78 is 5.29. The second-order valence-electron chi connectivity index (χ2n) is 3.25. The normalized spacial score (nSPS) is 16.8. The van der Waals surface area contributed by atoms with Gasteiger partial charge in [-0.15, -0.1) is 0 Å². The van der Waals surface area contributed by atoms with E-state index in [1.165, 1.54) is 5.69 Å². The summed E-state index contributed by atoms with van der Waals surface area (Å²) in [5.41, 5.74) is 1.17. The lowest BCUT2D eigenvalue weighted by Crippen LogP contribution is -2.36. The molecule has 0 amide bonds. The summed E-state index contributed by atoms with van der Waals surface area (Å²) >= 11 is 0. The van der Waals surface area contributed by atoms with Gasteiger partial charge in [0.05, 0.1) is 25.1 Å². The Morgan fingerprint density at radius 2 is 2.14 bits per heavy atom. The van der Waals surface area contributed by atoms with Gasteiger partial charge in [-0.1, -0.05) is 0 Å². The summed E-state index contributed by atoms with van der Waals surface area (Å²) in [6.07, 6.45) is 1.90. The lowest BCUT2D eigenvalue weighted by molar-refractivity contribution is 0.122. The summed E-state index contributed by atoms with van der Waals surface area (Å²) in [6, 6.07) is 4.08. The Labute approximate surface area is 83.9 Å². The zero-order chi connectivity index (χ0) is 9.80. The van der Waals surface area contributed by atoms with Gasteiger partial charge in [-0.2, -0.15) is 0 Å². The molecule has 1 aromatic heterocycles. The summed E-state index contributed by atoms with van der Waals surface area (Å²) in [7, 11) is 1.87. The molecule has 0 aliphatic carbocycles. The minimum absolute atomic E-state index is 0.813. The molecule has 0 aromatic carbocycles. The van der Waals surface area contributed by atoms with E-state index in [1.807, 2.05) is 19.3 Å². The van der Waals surface area contributed by atoms with E-state index in [2.05, 4.69) is 21.3 Å². The molecule has 2 heterocycles. The Balaban J connectivity index is 2.07. The predicted molar refractivity (Wildman–Crippen MR) is 56.8 cm³/mol. The maximum absolute atomic E-state index is 5.29. The number of morpholine rings is 1. The monoisotopic (exact) mass is 193 g/mol. The molecule has 0 unspecified atom stereocenters. The quantitative estimate of drug-likeness (QED) is 0.759. The standard InChI is InChI=1S/C10H15N3O/c1-11-10-3-2-9(8-12-10)13-4-6-14-7-5-13/h2-3,8H,4-7H2,1H3,(H,11,12). The van der Waals surface area contributed by atoms with Crippen LogP contribution in [0.5, 0.6) is 0 Å². The predicted octanol–water partition coefficient (Wildman–Crippen LogP) is 0.960. The number of rotatable bonds is 2. The van der Waals surface area contributed by atoms with E-state index in [9.17, 15) is 0 Å². The highest BCUT2D eigenvalue weighted by Crippen LogP contribution is 2.15. The number of nitrogens with one attached hydrogen (secondary N) is 1. The highest BCUT2D eigenvalue weighted by atomic mass is 16.5. The van der Waals surface area contributed by atoms with E-state index in [1.54, 1.807) is 0 Å². The topological polar surface area (TPSA) is 37.4 Å². The first-order valence-electron chi connectivity index (χ1n) is 4.86.